The molecule has 0 fully saturated rings. The van der Waals surface area contributed by atoms with Gasteiger partial charge < -0.3 is 20.5 Å². The molecule has 0 saturated heterocycles. The van der Waals surface area contributed by atoms with Crippen molar-refractivity contribution >= 4 is 47.2 Å². The Bertz CT molecular complexity index is 695. The van der Waals surface area contributed by atoms with Gasteiger partial charge in [-0.15, -0.1) is 24.0 Å². The Morgan fingerprint density at radius 3 is 2.62 bits per heavy atom. The van der Waals surface area contributed by atoms with Crippen LogP contribution in [0.25, 0.3) is 0 Å². The minimum absolute atomic E-state index is 0. The van der Waals surface area contributed by atoms with Crippen molar-refractivity contribution in [2.45, 2.75) is 13.2 Å². The highest BCUT2D eigenvalue weighted by Crippen LogP contribution is 2.23. The molecule has 0 bridgehead atoms. The molecule has 0 aliphatic rings. The van der Waals surface area contributed by atoms with Crippen LogP contribution in [0.5, 0.6) is 5.75 Å². The van der Waals surface area contributed by atoms with Gasteiger partial charge in [0.25, 0.3) is 0 Å². The maximum Gasteiger partial charge on any atom is 0.193 e. The number of hydrogen-bond donors (Lipinski definition) is 2. The van der Waals surface area contributed by atoms with Gasteiger partial charge in [0.1, 0.15) is 5.75 Å². The first kappa shape index (κ1) is 20.5. The summed E-state index contributed by atoms with van der Waals surface area (Å²) in [6.45, 7) is 0.896. The maximum absolute atomic E-state index is 5.97. The fraction of sp³-hybridized carbons (Fsp3) is 0.235. The van der Waals surface area contributed by atoms with Crippen LogP contribution >= 0.6 is 35.6 Å². The van der Waals surface area contributed by atoms with Gasteiger partial charge in [0.2, 0.25) is 0 Å². The molecular weight excluding hydrogens is 441 g/mol. The summed E-state index contributed by atoms with van der Waals surface area (Å²) >= 11 is 5.95. The Morgan fingerprint density at radius 2 is 1.92 bits per heavy atom. The molecule has 7 heteroatoms. The van der Waals surface area contributed by atoms with Gasteiger partial charge in [-0.3, -0.25) is 0 Å². The number of rotatable bonds is 6. The fourth-order valence-electron chi connectivity index (χ4n) is 2.12. The number of aliphatic imine (C=N–C) groups is 1. The van der Waals surface area contributed by atoms with Crippen LogP contribution in [0.15, 0.2) is 47.5 Å². The highest BCUT2D eigenvalue weighted by atomic mass is 127. The van der Waals surface area contributed by atoms with E-state index in [-0.39, 0.29) is 24.0 Å². The topological polar surface area (TPSA) is 68.9 Å². The molecule has 130 valence electrons. The normalized spacial score (nSPS) is 10.9. The third-order valence-corrected chi connectivity index (χ3v) is 3.48. The van der Waals surface area contributed by atoms with E-state index in [1.54, 1.807) is 26.4 Å². The molecule has 0 saturated carbocycles. The zero-order valence-electron chi connectivity index (χ0n) is 13.6. The SMILES string of the molecule is COCc1ccccc1NC(N)=NCc1ccc(Cl)cc1OC.I. The molecule has 0 aromatic heterocycles. The van der Waals surface area contributed by atoms with Crippen molar-refractivity contribution in [3.63, 3.8) is 0 Å². The molecule has 24 heavy (non-hydrogen) atoms. The first-order chi connectivity index (χ1) is 11.1. The minimum Gasteiger partial charge on any atom is -0.496 e. The van der Waals surface area contributed by atoms with Crippen molar-refractivity contribution in [1.29, 1.82) is 0 Å². The third-order valence-electron chi connectivity index (χ3n) is 3.25. The number of hydrogen-bond acceptors (Lipinski definition) is 3. The summed E-state index contributed by atoms with van der Waals surface area (Å²) in [5, 5.41) is 3.71. The Balaban J connectivity index is 0.00000288. The van der Waals surface area contributed by atoms with Crippen LogP contribution in [0.1, 0.15) is 11.1 Å². The summed E-state index contributed by atoms with van der Waals surface area (Å²) in [5.74, 6) is 1.01. The Labute approximate surface area is 164 Å². The lowest BCUT2D eigenvalue weighted by Crippen LogP contribution is -2.23. The van der Waals surface area contributed by atoms with Crippen LogP contribution in [0, 0.1) is 0 Å². The zero-order chi connectivity index (χ0) is 16.7. The molecule has 5 nitrogen and oxygen atoms in total. The van der Waals surface area contributed by atoms with Crippen LogP contribution in [-0.2, 0) is 17.9 Å². The van der Waals surface area contributed by atoms with Gasteiger partial charge in [0, 0.05) is 28.9 Å². The highest BCUT2D eigenvalue weighted by Gasteiger charge is 2.05. The number of methoxy groups -OCH3 is 2. The van der Waals surface area contributed by atoms with E-state index in [1.165, 1.54) is 0 Å². The second-order valence-electron chi connectivity index (χ2n) is 4.87. The van der Waals surface area contributed by atoms with E-state index in [1.807, 2.05) is 30.3 Å². The van der Waals surface area contributed by atoms with Crippen molar-refractivity contribution in [2.24, 2.45) is 10.7 Å². The van der Waals surface area contributed by atoms with E-state index in [0.717, 1.165) is 16.8 Å². The van der Waals surface area contributed by atoms with Crippen LogP contribution in [0.2, 0.25) is 5.02 Å². The summed E-state index contributed by atoms with van der Waals surface area (Å²) in [6.07, 6.45) is 0. The Hall–Kier alpha value is -1.51. The molecule has 0 amide bonds. The number of nitrogens with one attached hydrogen (secondary N) is 1. The van der Waals surface area contributed by atoms with Gasteiger partial charge in [-0.2, -0.15) is 0 Å². The molecule has 2 aromatic rings. The first-order valence-electron chi connectivity index (χ1n) is 7.10. The van der Waals surface area contributed by atoms with Gasteiger partial charge in [-0.25, -0.2) is 4.99 Å². The van der Waals surface area contributed by atoms with Gasteiger partial charge in [0.15, 0.2) is 5.96 Å². The smallest absolute Gasteiger partial charge is 0.193 e. The number of nitrogens with zero attached hydrogens (tertiary/aromatic N) is 1. The lowest BCUT2D eigenvalue weighted by Gasteiger charge is -2.11. The molecule has 0 spiro atoms. The fourth-order valence-corrected chi connectivity index (χ4v) is 2.28. The standard InChI is InChI=1S/C17H20ClN3O2.HI/c1-22-11-13-5-3-4-6-15(13)21-17(19)20-10-12-7-8-14(18)9-16(12)23-2;/h3-9H,10-11H2,1-2H3,(H3,19,20,21);1H. The quantitative estimate of drug-likeness (QED) is 0.387. The summed E-state index contributed by atoms with van der Waals surface area (Å²) in [4.78, 5) is 4.35. The number of para-hydroxylation sites is 1. The molecule has 0 aliphatic carbocycles. The summed E-state index contributed by atoms with van der Waals surface area (Å²) in [5.41, 5.74) is 8.77. The average molecular weight is 462 g/mol. The predicted octanol–water partition coefficient (Wildman–Crippen LogP) is 4.04. The predicted molar refractivity (Wildman–Crippen MR) is 110 cm³/mol. The number of benzene rings is 2. The van der Waals surface area contributed by atoms with E-state index in [4.69, 9.17) is 26.8 Å². The molecule has 0 unspecified atom stereocenters. The monoisotopic (exact) mass is 461 g/mol. The number of anilines is 1. The largest absolute Gasteiger partial charge is 0.496 e. The zero-order valence-corrected chi connectivity index (χ0v) is 16.7. The second kappa shape index (κ2) is 10.4. The van der Waals surface area contributed by atoms with E-state index >= 15 is 0 Å². The van der Waals surface area contributed by atoms with Gasteiger partial charge in [-0.1, -0.05) is 35.9 Å². The van der Waals surface area contributed by atoms with E-state index in [2.05, 4.69) is 10.3 Å². The van der Waals surface area contributed by atoms with Crippen LogP contribution in [-0.4, -0.2) is 20.2 Å². The van der Waals surface area contributed by atoms with E-state index in [0.29, 0.717) is 29.9 Å². The van der Waals surface area contributed by atoms with E-state index < -0.39 is 0 Å². The third kappa shape index (κ3) is 5.85. The van der Waals surface area contributed by atoms with Crippen molar-refractivity contribution in [2.75, 3.05) is 19.5 Å². The maximum atomic E-state index is 5.97. The molecule has 3 N–H and O–H groups in total. The number of halogens is 2. The molecule has 0 aliphatic heterocycles. The average Bonchev–Trinajstić information content (AvgIpc) is 2.55. The number of ether oxygens (including phenoxy) is 2. The molecule has 0 radical (unpaired) electrons. The lowest BCUT2D eigenvalue weighted by molar-refractivity contribution is 0.185. The summed E-state index contributed by atoms with van der Waals surface area (Å²) in [7, 11) is 3.25. The van der Waals surface area contributed by atoms with E-state index in [9.17, 15) is 0 Å². The van der Waals surface area contributed by atoms with Crippen LogP contribution in [0.4, 0.5) is 5.69 Å². The Morgan fingerprint density at radius 1 is 1.17 bits per heavy atom. The lowest BCUT2D eigenvalue weighted by atomic mass is 10.2. The van der Waals surface area contributed by atoms with Crippen LogP contribution in [0.3, 0.4) is 0 Å². The minimum atomic E-state index is 0. The second-order valence-corrected chi connectivity index (χ2v) is 5.31. The summed E-state index contributed by atoms with van der Waals surface area (Å²) < 4.78 is 10.5. The molecule has 2 aromatic carbocycles. The van der Waals surface area contributed by atoms with Crippen molar-refractivity contribution in [3.05, 3.63) is 58.6 Å². The van der Waals surface area contributed by atoms with Crippen LogP contribution < -0.4 is 15.8 Å². The highest BCUT2D eigenvalue weighted by molar-refractivity contribution is 14.0. The molecule has 0 heterocycles. The molecular formula is C17H21ClIN3O2. The van der Waals surface area contributed by atoms with Crippen molar-refractivity contribution < 1.29 is 9.47 Å². The first-order valence-corrected chi connectivity index (χ1v) is 7.48. The van der Waals surface area contributed by atoms with Gasteiger partial charge in [0.05, 0.1) is 20.3 Å². The number of guanidine groups is 1. The van der Waals surface area contributed by atoms with Gasteiger partial charge >= 0.3 is 0 Å². The molecule has 0 atom stereocenters. The van der Waals surface area contributed by atoms with Crippen molar-refractivity contribution in [1.82, 2.24) is 0 Å². The number of nitrogens with two attached hydrogens (primary N) is 1. The molecule has 2 rings (SSSR count). The summed E-state index contributed by atoms with van der Waals surface area (Å²) in [6, 6.07) is 13.2. The Kier molecular flexibility index (Phi) is 8.88. The van der Waals surface area contributed by atoms with Gasteiger partial charge in [-0.05, 0) is 18.2 Å². The van der Waals surface area contributed by atoms with Crippen molar-refractivity contribution in [3.8, 4) is 5.75 Å².